The summed E-state index contributed by atoms with van der Waals surface area (Å²) >= 11 is 5.89. The maximum Gasteiger partial charge on any atom is 0.322 e. The molecule has 0 saturated heterocycles. The van der Waals surface area contributed by atoms with Gasteiger partial charge in [0, 0.05) is 0 Å². The Morgan fingerprint density at radius 1 is 1.37 bits per heavy atom. The number of nitrogens with one attached hydrogen (secondary N) is 1. The van der Waals surface area contributed by atoms with Crippen LogP contribution in [-0.4, -0.2) is 25.5 Å². The monoisotopic (exact) mass is 305 g/mol. The molecule has 0 bridgehead atoms. The number of hydrogen-bond acceptors (Lipinski definition) is 3. The number of carboxylic acid groups (broad SMARTS) is 1. The smallest absolute Gasteiger partial charge is 0.322 e. The molecule has 1 aromatic rings. The summed E-state index contributed by atoms with van der Waals surface area (Å²) in [5.74, 6) is -1.60. The third-order valence-corrected chi connectivity index (χ3v) is 4.52. The molecule has 106 valence electrons. The standard InChI is InChI=1S/C12H16ClNO4S/c1-7(2)11(12(15)16)14-19(17,18)10-5-4-8(3)6-9(10)13/h4-7,11,14H,1-3H3,(H,15,16)/t11-/m0/s1. The molecule has 0 unspecified atom stereocenters. The molecule has 0 spiro atoms. The number of carboxylic acids is 1. The van der Waals surface area contributed by atoms with Crippen LogP contribution in [-0.2, 0) is 14.8 Å². The van der Waals surface area contributed by atoms with Crippen molar-refractivity contribution in [1.29, 1.82) is 0 Å². The van der Waals surface area contributed by atoms with Gasteiger partial charge >= 0.3 is 5.97 Å². The van der Waals surface area contributed by atoms with Crippen molar-refractivity contribution in [3.05, 3.63) is 28.8 Å². The summed E-state index contributed by atoms with van der Waals surface area (Å²) in [6.07, 6.45) is 0. The summed E-state index contributed by atoms with van der Waals surface area (Å²) in [4.78, 5) is 10.9. The van der Waals surface area contributed by atoms with Crippen LogP contribution < -0.4 is 4.72 Å². The van der Waals surface area contributed by atoms with Crippen LogP contribution >= 0.6 is 11.6 Å². The highest BCUT2D eigenvalue weighted by Gasteiger charge is 2.29. The molecule has 0 saturated carbocycles. The van der Waals surface area contributed by atoms with E-state index in [0.717, 1.165) is 5.56 Å². The molecule has 1 atom stereocenters. The summed E-state index contributed by atoms with van der Waals surface area (Å²) < 4.78 is 26.4. The van der Waals surface area contributed by atoms with E-state index in [-0.39, 0.29) is 15.8 Å². The van der Waals surface area contributed by atoms with Crippen LogP contribution in [0.15, 0.2) is 23.1 Å². The Morgan fingerprint density at radius 2 is 1.95 bits per heavy atom. The quantitative estimate of drug-likeness (QED) is 0.872. The maximum absolute atomic E-state index is 12.1. The van der Waals surface area contributed by atoms with Gasteiger partial charge in [0.2, 0.25) is 10.0 Å². The van der Waals surface area contributed by atoms with Crippen LogP contribution in [0, 0.1) is 12.8 Å². The zero-order valence-electron chi connectivity index (χ0n) is 10.8. The average molecular weight is 306 g/mol. The Labute approximate surface area is 117 Å². The molecule has 0 aliphatic rings. The van der Waals surface area contributed by atoms with Crippen molar-refractivity contribution < 1.29 is 18.3 Å². The molecule has 5 nitrogen and oxygen atoms in total. The van der Waals surface area contributed by atoms with Crippen LogP contribution in [0.5, 0.6) is 0 Å². The molecule has 1 aromatic carbocycles. The molecule has 0 aliphatic carbocycles. The second kappa shape index (κ2) is 5.90. The van der Waals surface area contributed by atoms with E-state index in [9.17, 15) is 13.2 Å². The normalized spacial score (nSPS) is 13.5. The minimum atomic E-state index is -3.96. The highest BCUT2D eigenvalue weighted by Crippen LogP contribution is 2.23. The first kappa shape index (κ1) is 15.9. The summed E-state index contributed by atoms with van der Waals surface area (Å²) in [7, 11) is -3.96. The molecular formula is C12H16ClNO4S. The molecule has 0 fully saturated rings. The number of halogens is 1. The average Bonchev–Trinajstić information content (AvgIpc) is 2.24. The number of carbonyl (C=O) groups is 1. The number of hydrogen-bond donors (Lipinski definition) is 2. The first-order valence-corrected chi connectivity index (χ1v) is 7.52. The number of aryl methyl sites for hydroxylation is 1. The molecule has 0 heterocycles. The van der Waals surface area contributed by atoms with E-state index >= 15 is 0 Å². The van der Waals surface area contributed by atoms with E-state index in [0.29, 0.717) is 0 Å². The molecule has 1 rings (SSSR count). The fraction of sp³-hybridized carbons (Fsp3) is 0.417. The van der Waals surface area contributed by atoms with E-state index in [4.69, 9.17) is 16.7 Å². The summed E-state index contributed by atoms with van der Waals surface area (Å²) in [6.45, 7) is 5.03. The van der Waals surface area contributed by atoms with Gasteiger partial charge in [0.15, 0.2) is 0 Å². The van der Waals surface area contributed by atoms with Gasteiger partial charge in [-0.3, -0.25) is 4.79 Å². The molecular weight excluding hydrogens is 290 g/mol. The molecule has 19 heavy (non-hydrogen) atoms. The SMILES string of the molecule is Cc1ccc(S(=O)(=O)N[C@H](C(=O)O)C(C)C)c(Cl)c1. The lowest BCUT2D eigenvalue weighted by atomic mass is 10.1. The van der Waals surface area contributed by atoms with E-state index in [2.05, 4.69) is 4.72 Å². The molecule has 0 aromatic heterocycles. The van der Waals surface area contributed by atoms with Crippen LogP contribution in [0.3, 0.4) is 0 Å². The Kier molecular flexibility index (Phi) is 4.95. The minimum Gasteiger partial charge on any atom is -0.480 e. The Balaban J connectivity index is 3.14. The van der Waals surface area contributed by atoms with E-state index in [1.165, 1.54) is 12.1 Å². The van der Waals surface area contributed by atoms with Gasteiger partial charge in [-0.25, -0.2) is 8.42 Å². The molecule has 2 N–H and O–H groups in total. The number of aliphatic carboxylic acids is 1. The van der Waals surface area contributed by atoms with Crippen LogP contribution in [0.4, 0.5) is 0 Å². The predicted octanol–water partition coefficient (Wildman–Crippen LogP) is 2.04. The summed E-state index contributed by atoms with van der Waals surface area (Å²) in [5.41, 5.74) is 0.822. The van der Waals surface area contributed by atoms with Crippen LogP contribution in [0.2, 0.25) is 5.02 Å². The Bertz CT molecular complexity index is 583. The molecule has 0 amide bonds. The fourth-order valence-electron chi connectivity index (χ4n) is 1.53. The van der Waals surface area contributed by atoms with Gasteiger partial charge in [-0.1, -0.05) is 31.5 Å². The third kappa shape index (κ3) is 3.92. The van der Waals surface area contributed by atoms with Crippen molar-refractivity contribution in [2.24, 2.45) is 5.92 Å². The van der Waals surface area contributed by atoms with E-state index < -0.39 is 22.0 Å². The third-order valence-electron chi connectivity index (χ3n) is 2.59. The van der Waals surface area contributed by atoms with Crippen molar-refractivity contribution in [3.8, 4) is 0 Å². The van der Waals surface area contributed by atoms with Gasteiger partial charge in [-0.15, -0.1) is 0 Å². The van der Waals surface area contributed by atoms with E-state index in [1.807, 2.05) is 0 Å². The van der Waals surface area contributed by atoms with Gasteiger partial charge in [-0.05, 0) is 30.5 Å². The molecule has 0 aliphatic heterocycles. The van der Waals surface area contributed by atoms with Gasteiger partial charge in [0.05, 0.1) is 5.02 Å². The lowest BCUT2D eigenvalue weighted by Gasteiger charge is -2.18. The van der Waals surface area contributed by atoms with Gasteiger partial charge < -0.3 is 5.11 Å². The van der Waals surface area contributed by atoms with Gasteiger partial charge in [-0.2, -0.15) is 4.72 Å². The Hall–Kier alpha value is -1.11. The molecule has 7 heteroatoms. The van der Waals surface area contributed by atoms with Crippen molar-refractivity contribution in [2.45, 2.75) is 31.7 Å². The molecule has 0 radical (unpaired) electrons. The highest BCUT2D eigenvalue weighted by molar-refractivity contribution is 7.89. The summed E-state index contributed by atoms with van der Waals surface area (Å²) in [6, 6.07) is 3.29. The number of benzene rings is 1. The van der Waals surface area contributed by atoms with Crippen LogP contribution in [0.1, 0.15) is 19.4 Å². The maximum atomic E-state index is 12.1. The fourth-order valence-corrected chi connectivity index (χ4v) is 3.46. The largest absolute Gasteiger partial charge is 0.480 e. The lowest BCUT2D eigenvalue weighted by molar-refractivity contribution is -0.140. The zero-order chi connectivity index (χ0) is 14.8. The predicted molar refractivity (Wildman–Crippen MR) is 72.8 cm³/mol. The van der Waals surface area contributed by atoms with Gasteiger partial charge in [0.1, 0.15) is 10.9 Å². The lowest BCUT2D eigenvalue weighted by Crippen LogP contribution is -2.44. The van der Waals surface area contributed by atoms with E-state index in [1.54, 1.807) is 26.8 Å². The second-order valence-electron chi connectivity index (χ2n) is 4.62. The van der Waals surface area contributed by atoms with Crippen molar-refractivity contribution in [1.82, 2.24) is 4.72 Å². The zero-order valence-corrected chi connectivity index (χ0v) is 12.4. The summed E-state index contributed by atoms with van der Waals surface area (Å²) in [5, 5.41) is 9.08. The van der Waals surface area contributed by atoms with Gasteiger partial charge in [0.25, 0.3) is 0 Å². The first-order valence-electron chi connectivity index (χ1n) is 5.66. The minimum absolute atomic E-state index is 0.0698. The van der Waals surface area contributed by atoms with Crippen molar-refractivity contribution >= 4 is 27.6 Å². The van der Waals surface area contributed by atoms with Crippen molar-refractivity contribution in [2.75, 3.05) is 0 Å². The number of rotatable bonds is 5. The van der Waals surface area contributed by atoms with Crippen molar-refractivity contribution in [3.63, 3.8) is 0 Å². The topological polar surface area (TPSA) is 83.5 Å². The van der Waals surface area contributed by atoms with Crippen LogP contribution in [0.25, 0.3) is 0 Å². The second-order valence-corrected chi connectivity index (χ2v) is 6.70. The first-order chi connectivity index (χ1) is 8.65. The Morgan fingerprint density at radius 3 is 2.37 bits per heavy atom. The highest BCUT2D eigenvalue weighted by atomic mass is 35.5. The number of sulfonamides is 1.